The minimum atomic E-state index is 0.0648. The van der Waals surface area contributed by atoms with Crippen LogP contribution in [0.15, 0.2) is 17.4 Å². The van der Waals surface area contributed by atoms with Crippen LogP contribution in [0.4, 0.5) is 10.6 Å². The number of urea groups is 1. The maximum atomic E-state index is 11.5. The van der Waals surface area contributed by atoms with Crippen LogP contribution in [-0.4, -0.2) is 72.5 Å². The van der Waals surface area contributed by atoms with E-state index in [9.17, 15) is 4.79 Å². The Morgan fingerprint density at radius 3 is 2.91 bits per heavy atom. The number of carbonyl (C=O) groups excluding carboxylic acids is 1. The quantitative estimate of drug-likeness (QED) is 0.591. The van der Waals surface area contributed by atoms with E-state index in [2.05, 4.69) is 25.5 Å². The molecule has 1 aromatic heterocycles. The summed E-state index contributed by atoms with van der Waals surface area (Å²) in [6.07, 6.45) is 6.03. The first-order valence-electron chi connectivity index (χ1n) is 8.14. The highest BCUT2D eigenvalue weighted by Crippen LogP contribution is 2.19. The Labute approximate surface area is 141 Å². The largest absolute Gasteiger partial charge is 0.356 e. The standard InChI is InChI=1S/C15H24N6OS/c1-23-14-17-5-2-13(19-14)20-8-3-12(4-9-20)16-6-10-21-11-7-18-15(21)22/h2,5,12,16H,3-4,6-11H2,1H3,(H,18,22). The number of nitrogens with zero attached hydrogens (tertiary/aromatic N) is 4. The number of carbonyl (C=O) groups is 1. The molecule has 0 atom stereocenters. The summed E-state index contributed by atoms with van der Waals surface area (Å²) in [5, 5.41) is 7.23. The van der Waals surface area contributed by atoms with E-state index in [4.69, 9.17) is 0 Å². The molecule has 2 aliphatic heterocycles. The molecule has 0 spiro atoms. The molecule has 2 amide bonds. The highest BCUT2D eigenvalue weighted by Gasteiger charge is 2.22. The van der Waals surface area contributed by atoms with Crippen LogP contribution in [0.25, 0.3) is 0 Å². The van der Waals surface area contributed by atoms with Crippen LogP contribution in [0, 0.1) is 0 Å². The zero-order chi connectivity index (χ0) is 16.1. The van der Waals surface area contributed by atoms with Gasteiger partial charge in [0.25, 0.3) is 0 Å². The van der Waals surface area contributed by atoms with Crippen LogP contribution < -0.4 is 15.5 Å². The number of thioether (sulfide) groups is 1. The van der Waals surface area contributed by atoms with E-state index in [0.29, 0.717) is 6.04 Å². The van der Waals surface area contributed by atoms with Crippen molar-refractivity contribution in [2.75, 3.05) is 50.4 Å². The number of rotatable bonds is 6. The van der Waals surface area contributed by atoms with Gasteiger partial charge in [-0.3, -0.25) is 0 Å². The van der Waals surface area contributed by atoms with Gasteiger partial charge < -0.3 is 20.4 Å². The van der Waals surface area contributed by atoms with Crippen molar-refractivity contribution in [3.63, 3.8) is 0 Å². The molecule has 23 heavy (non-hydrogen) atoms. The van der Waals surface area contributed by atoms with E-state index in [-0.39, 0.29) is 6.03 Å². The molecule has 8 heteroatoms. The average Bonchev–Trinajstić information content (AvgIpc) is 3.01. The molecule has 0 aliphatic carbocycles. The van der Waals surface area contributed by atoms with Gasteiger partial charge in [-0.05, 0) is 25.2 Å². The fourth-order valence-electron chi connectivity index (χ4n) is 3.05. The van der Waals surface area contributed by atoms with Crippen molar-refractivity contribution in [3.8, 4) is 0 Å². The normalized spacial score (nSPS) is 19.3. The third-order valence-corrected chi connectivity index (χ3v) is 4.94. The summed E-state index contributed by atoms with van der Waals surface area (Å²) in [5.74, 6) is 1.02. The summed E-state index contributed by atoms with van der Waals surface area (Å²) in [5.41, 5.74) is 0. The topological polar surface area (TPSA) is 73.4 Å². The van der Waals surface area contributed by atoms with Crippen molar-refractivity contribution in [2.45, 2.75) is 24.0 Å². The highest BCUT2D eigenvalue weighted by atomic mass is 32.2. The molecule has 3 heterocycles. The molecule has 0 saturated carbocycles. The number of hydrogen-bond donors (Lipinski definition) is 2. The molecular weight excluding hydrogens is 312 g/mol. The Morgan fingerprint density at radius 1 is 1.39 bits per heavy atom. The molecule has 126 valence electrons. The molecule has 2 N–H and O–H groups in total. The second-order valence-corrected chi connectivity index (χ2v) is 6.61. The lowest BCUT2D eigenvalue weighted by Gasteiger charge is -2.33. The number of nitrogens with one attached hydrogen (secondary N) is 2. The van der Waals surface area contributed by atoms with Gasteiger partial charge in [0.2, 0.25) is 0 Å². The van der Waals surface area contributed by atoms with E-state index in [1.165, 1.54) is 0 Å². The fourth-order valence-corrected chi connectivity index (χ4v) is 3.40. The molecule has 0 aromatic carbocycles. The first-order valence-corrected chi connectivity index (χ1v) is 9.37. The third kappa shape index (κ3) is 4.26. The van der Waals surface area contributed by atoms with Crippen molar-refractivity contribution in [1.29, 1.82) is 0 Å². The lowest BCUT2D eigenvalue weighted by molar-refractivity contribution is 0.216. The molecule has 2 aliphatic rings. The molecule has 0 bridgehead atoms. The number of hydrogen-bond acceptors (Lipinski definition) is 6. The Bertz CT molecular complexity index is 534. The van der Waals surface area contributed by atoms with Crippen molar-refractivity contribution < 1.29 is 4.79 Å². The number of amides is 2. The second-order valence-electron chi connectivity index (χ2n) is 5.84. The third-order valence-electron chi connectivity index (χ3n) is 4.38. The van der Waals surface area contributed by atoms with E-state index in [1.807, 2.05) is 23.4 Å². The van der Waals surface area contributed by atoms with E-state index in [0.717, 1.165) is 63.1 Å². The predicted octanol–water partition coefficient (Wildman–Crippen LogP) is 0.782. The summed E-state index contributed by atoms with van der Waals surface area (Å²) in [7, 11) is 0. The zero-order valence-corrected chi connectivity index (χ0v) is 14.3. The Balaban J connectivity index is 1.40. The molecule has 1 aromatic rings. The van der Waals surface area contributed by atoms with Gasteiger partial charge in [0.15, 0.2) is 5.16 Å². The van der Waals surface area contributed by atoms with Crippen molar-refractivity contribution in [3.05, 3.63) is 12.3 Å². The molecular formula is C15H24N6OS. The minimum absolute atomic E-state index is 0.0648. The number of aromatic nitrogens is 2. The molecule has 2 saturated heterocycles. The summed E-state index contributed by atoms with van der Waals surface area (Å²) >= 11 is 1.57. The van der Waals surface area contributed by atoms with Crippen LogP contribution in [0.2, 0.25) is 0 Å². The van der Waals surface area contributed by atoms with Gasteiger partial charge in [-0.1, -0.05) is 11.8 Å². The smallest absolute Gasteiger partial charge is 0.317 e. The van der Waals surface area contributed by atoms with Gasteiger partial charge in [0.1, 0.15) is 5.82 Å². The first-order chi connectivity index (χ1) is 11.3. The van der Waals surface area contributed by atoms with Crippen LogP contribution in [0.5, 0.6) is 0 Å². The van der Waals surface area contributed by atoms with E-state index in [1.54, 1.807) is 11.8 Å². The van der Waals surface area contributed by atoms with Crippen LogP contribution >= 0.6 is 11.8 Å². The Hall–Kier alpha value is -1.54. The van der Waals surface area contributed by atoms with Gasteiger partial charge in [-0.25, -0.2) is 14.8 Å². The number of piperidine rings is 1. The molecule has 7 nitrogen and oxygen atoms in total. The van der Waals surface area contributed by atoms with Crippen LogP contribution in [0.3, 0.4) is 0 Å². The Kier molecular flexibility index (Phi) is 5.56. The lowest BCUT2D eigenvalue weighted by atomic mass is 10.1. The molecule has 2 fully saturated rings. The predicted molar refractivity (Wildman–Crippen MR) is 92.0 cm³/mol. The SMILES string of the molecule is CSc1nccc(N2CCC(NCCN3CCNC3=O)CC2)n1. The van der Waals surface area contributed by atoms with Crippen molar-refractivity contribution >= 4 is 23.6 Å². The highest BCUT2D eigenvalue weighted by molar-refractivity contribution is 7.98. The Morgan fingerprint density at radius 2 is 2.22 bits per heavy atom. The fraction of sp³-hybridized carbons (Fsp3) is 0.667. The van der Waals surface area contributed by atoms with Gasteiger partial charge >= 0.3 is 6.03 Å². The van der Waals surface area contributed by atoms with Crippen molar-refractivity contribution in [2.24, 2.45) is 0 Å². The van der Waals surface area contributed by atoms with Gasteiger partial charge in [-0.15, -0.1) is 0 Å². The minimum Gasteiger partial charge on any atom is -0.356 e. The molecule has 0 radical (unpaired) electrons. The summed E-state index contributed by atoms with van der Waals surface area (Å²) in [6.45, 7) is 5.26. The number of anilines is 1. The van der Waals surface area contributed by atoms with Crippen LogP contribution in [0.1, 0.15) is 12.8 Å². The van der Waals surface area contributed by atoms with Crippen molar-refractivity contribution in [1.82, 2.24) is 25.5 Å². The monoisotopic (exact) mass is 336 g/mol. The van der Waals surface area contributed by atoms with Gasteiger partial charge in [0, 0.05) is 51.5 Å². The zero-order valence-electron chi connectivity index (χ0n) is 13.5. The van der Waals surface area contributed by atoms with E-state index >= 15 is 0 Å². The van der Waals surface area contributed by atoms with Crippen LogP contribution in [-0.2, 0) is 0 Å². The maximum Gasteiger partial charge on any atom is 0.317 e. The molecule has 3 rings (SSSR count). The van der Waals surface area contributed by atoms with Gasteiger partial charge in [0.05, 0.1) is 0 Å². The maximum absolute atomic E-state index is 11.5. The molecule has 0 unspecified atom stereocenters. The van der Waals surface area contributed by atoms with E-state index < -0.39 is 0 Å². The lowest BCUT2D eigenvalue weighted by Crippen LogP contribution is -2.45. The second kappa shape index (κ2) is 7.83. The van der Waals surface area contributed by atoms with Gasteiger partial charge in [-0.2, -0.15) is 0 Å². The summed E-state index contributed by atoms with van der Waals surface area (Å²) in [6, 6.07) is 2.58. The first kappa shape index (κ1) is 16.3. The summed E-state index contributed by atoms with van der Waals surface area (Å²) in [4.78, 5) is 24.5. The summed E-state index contributed by atoms with van der Waals surface area (Å²) < 4.78 is 0. The average molecular weight is 336 g/mol.